The summed E-state index contributed by atoms with van der Waals surface area (Å²) in [5.74, 6) is 0.713. The number of nitrogens with zero attached hydrogens (tertiary/aromatic N) is 4. The molecule has 4 rings (SSSR count). The summed E-state index contributed by atoms with van der Waals surface area (Å²) in [7, 11) is 3.04. The molecule has 0 bridgehead atoms. The molecule has 2 aromatic carbocycles. The molecule has 2 heterocycles. The van der Waals surface area contributed by atoms with Crippen molar-refractivity contribution >= 4 is 23.2 Å². The van der Waals surface area contributed by atoms with Gasteiger partial charge in [0.25, 0.3) is 0 Å². The SMILES string of the molecule is COc1nc(-c2cccc(-c3cccc(-c4cnc(CN)c(OC)n4)c3Cl)c2Cl)cnc1CN. The van der Waals surface area contributed by atoms with Gasteiger partial charge in [0.05, 0.1) is 48.0 Å². The topological polar surface area (TPSA) is 122 Å². The number of hydrogen-bond donors (Lipinski definition) is 2. The average Bonchev–Trinajstić information content (AvgIpc) is 2.88. The molecule has 0 aliphatic rings. The van der Waals surface area contributed by atoms with Gasteiger partial charge in [-0.25, -0.2) is 9.97 Å². The Kier molecular flexibility index (Phi) is 7.23. The number of halogens is 2. The second kappa shape index (κ2) is 10.3. The predicted molar refractivity (Wildman–Crippen MR) is 133 cm³/mol. The normalized spacial score (nSPS) is 10.9. The Morgan fingerprint density at radius 1 is 0.676 bits per heavy atom. The number of aromatic nitrogens is 4. The van der Waals surface area contributed by atoms with Gasteiger partial charge in [0.15, 0.2) is 0 Å². The monoisotopic (exact) mass is 496 g/mol. The standard InChI is InChI=1S/C24H22Cl2N6O2/c1-33-23-17(9-27)29-11-19(31-23)15-7-3-5-13(21(15)25)14-6-4-8-16(22(14)26)20-12-30-18(10-28)24(32-20)34-2/h3-8,11-12H,9-10,27-28H2,1-2H3. The van der Waals surface area contributed by atoms with Gasteiger partial charge in [0.1, 0.15) is 11.4 Å². The highest BCUT2D eigenvalue weighted by Gasteiger charge is 2.18. The first kappa shape index (κ1) is 23.8. The number of ether oxygens (including phenoxy) is 2. The van der Waals surface area contributed by atoms with Crippen LogP contribution in [0.1, 0.15) is 11.4 Å². The van der Waals surface area contributed by atoms with Crippen LogP contribution >= 0.6 is 23.2 Å². The summed E-state index contributed by atoms with van der Waals surface area (Å²) in [4.78, 5) is 17.8. The zero-order valence-corrected chi connectivity index (χ0v) is 20.1. The minimum atomic E-state index is 0.215. The highest BCUT2D eigenvalue weighted by atomic mass is 35.5. The predicted octanol–water partition coefficient (Wildman–Crippen LogP) is 4.51. The van der Waals surface area contributed by atoms with Crippen LogP contribution in [-0.2, 0) is 13.1 Å². The molecule has 0 saturated carbocycles. The lowest BCUT2D eigenvalue weighted by atomic mass is 9.98. The van der Waals surface area contributed by atoms with Gasteiger partial charge in [-0.05, 0) is 0 Å². The minimum Gasteiger partial charge on any atom is -0.480 e. The summed E-state index contributed by atoms with van der Waals surface area (Å²) in [6.07, 6.45) is 3.24. The van der Waals surface area contributed by atoms with Gasteiger partial charge in [-0.2, -0.15) is 0 Å². The van der Waals surface area contributed by atoms with Gasteiger partial charge < -0.3 is 20.9 Å². The van der Waals surface area contributed by atoms with Crippen LogP contribution in [0.5, 0.6) is 11.8 Å². The highest BCUT2D eigenvalue weighted by molar-refractivity contribution is 6.39. The van der Waals surface area contributed by atoms with Gasteiger partial charge in [0.2, 0.25) is 11.8 Å². The van der Waals surface area contributed by atoms with Crippen LogP contribution in [0.25, 0.3) is 33.6 Å². The van der Waals surface area contributed by atoms with Gasteiger partial charge in [-0.3, -0.25) is 9.97 Å². The van der Waals surface area contributed by atoms with E-state index in [1.807, 2.05) is 36.4 Å². The van der Waals surface area contributed by atoms with Gasteiger partial charge in [-0.1, -0.05) is 59.6 Å². The fraction of sp³-hybridized carbons (Fsp3) is 0.167. The van der Waals surface area contributed by atoms with E-state index in [2.05, 4.69) is 19.9 Å². The van der Waals surface area contributed by atoms with E-state index in [4.69, 9.17) is 44.1 Å². The van der Waals surface area contributed by atoms with Crippen LogP contribution in [0.2, 0.25) is 10.0 Å². The lowest BCUT2D eigenvalue weighted by molar-refractivity contribution is 0.390. The van der Waals surface area contributed by atoms with Crippen molar-refractivity contribution in [2.75, 3.05) is 14.2 Å². The molecule has 8 nitrogen and oxygen atoms in total. The lowest BCUT2D eigenvalue weighted by Crippen LogP contribution is -2.05. The molecule has 34 heavy (non-hydrogen) atoms. The summed E-state index contributed by atoms with van der Waals surface area (Å²) in [5.41, 5.74) is 16.5. The van der Waals surface area contributed by atoms with Crippen LogP contribution in [0.4, 0.5) is 0 Å². The van der Waals surface area contributed by atoms with Crippen LogP contribution in [0.15, 0.2) is 48.8 Å². The van der Waals surface area contributed by atoms with Crippen molar-refractivity contribution < 1.29 is 9.47 Å². The molecule has 10 heteroatoms. The molecular formula is C24H22Cl2N6O2. The molecule has 174 valence electrons. The number of rotatable bonds is 7. The van der Waals surface area contributed by atoms with Crippen molar-refractivity contribution in [1.29, 1.82) is 0 Å². The van der Waals surface area contributed by atoms with Crippen LogP contribution in [0.3, 0.4) is 0 Å². The van der Waals surface area contributed by atoms with E-state index in [0.717, 1.165) is 11.1 Å². The second-order valence-electron chi connectivity index (χ2n) is 7.16. The van der Waals surface area contributed by atoms with E-state index in [0.29, 0.717) is 55.7 Å². The zero-order chi connectivity index (χ0) is 24.2. The molecule has 0 aliphatic carbocycles. The largest absolute Gasteiger partial charge is 0.480 e. The number of nitrogens with two attached hydrogens (primary N) is 2. The average molecular weight is 497 g/mol. The van der Waals surface area contributed by atoms with Crippen LogP contribution < -0.4 is 20.9 Å². The van der Waals surface area contributed by atoms with Crippen LogP contribution in [0, 0.1) is 0 Å². The smallest absolute Gasteiger partial charge is 0.237 e. The lowest BCUT2D eigenvalue weighted by Gasteiger charge is -2.14. The molecule has 0 radical (unpaired) electrons. The van der Waals surface area contributed by atoms with Crippen molar-refractivity contribution in [1.82, 2.24) is 19.9 Å². The molecule has 0 unspecified atom stereocenters. The third-order valence-corrected chi connectivity index (χ3v) is 6.05. The first-order chi connectivity index (χ1) is 16.5. The Balaban J connectivity index is 1.82. The van der Waals surface area contributed by atoms with Crippen molar-refractivity contribution in [3.63, 3.8) is 0 Å². The fourth-order valence-corrected chi connectivity index (χ4v) is 4.19. The molecule has 0 saturated heterocycles. The summed E-state index contributed by atoms with van der Waals surface area (Å²) in [6.45, 7) is 0.430. The highest BCUT2D eigenvalue weighted by Crippen LogP contribution is 2.42. The Labute approximate surface area is 206 Å². The van der Waals surface area contributed by atoms with Crippen molar-refractivity contribution in [3.05, 3.63) is 70.2 Å². The maximum Gasteiger partial charge on any atom is 0.237 e. The van der Waals surface area contributed by atoms with E-state index in [-0.39, 0.29) is 13.1 Å². The first-order valence-corrected chi connectivity index (χ1v) is 11.1. The minimum absolute atomic E-state index is 0.215. The molecule has 4 aromatic rings. The molecule has 0 aliphatic heterocycles. The zero-order valence-electron chi connectivity index (χ0n) is 18.5. The molecule has 4 N–H and O–H groups in total. The van der Waals surface area contributed by atoms with Crippen LogP contribution in [-0.4, -0.2) is 34.2 Å². The number of benzene rings is 2. The quantitative estimate of drug-likeness (QED) is 0.383. The van der Waals surface area contributed by atoms with Gasteiger partial charge in [0, 0.05) is 35.3 Å². The van der Waals surface area contributed by atoms with E-state index >= 15 is 0 Å². The first-order valence-electron chi connectivity index (χ1n) is 10.3. The van der Waals surface area contributed by atoms with E-state index in [9.17, 15) is 0 Å². The molecule has 0 fully saturated rings. The molecule has 2 aromatic heterocycles. The van der Waals surface area contributed by atoms with E-state index in [1.54, 1.807) is 12.4 Å². The van der Waals surface area contributed by atoms with E-state index in [1.165, 1.54) is 14.2 Å². The number of hydrogen-bond acceptors (Lipinski definition) is 8. The third kappa shape index (κ3) is 4.41. The van der Waals surface area contributed by atoms with Gasteiger partial charge in [-0.15, -0.1) is 0 Å². The Hall–Kier alpha value is -3.30. The maximum absolute atomic E-state index is 6.85. The maximum atomic E-state index is 6.85. The molecule has 0 atom stereocenters. The Bertz CT molecular complexity index is 1250. The summed E-state index contributed by atoms with van der Waals surface area (Å²) >= 11 is 13.7. The van der Waals surface area contributed by atoms with Crippen molar-refractivity contribution in [2.45, 2.75) is 13.1 Å². The summed E-state index contributed by atoms with van der Waals surface area (Å²) in [6, 6.07) is 11.2. The van der Waals surface area contributed by atoms with Gasteiger partial charge >= 0.3 is 0 Å². The van der Waals surface area contributed by atoms with E-state index < -0.39 is 0 Å². The Morgan fingerprint density at radius 3 is 1.41 bits per heavy atom. The second-order valence-corrected chi connectivity index (χ2v) is 7.92. The molecule has 0 spiro atoms. The molecule has 0 amide bonds. The molecular weight excluding hydrogens is 475 g/mol. The van der Waals surface area contributed by atoms with Crippen molar-refractivity contribution in [3.8, 4) is 45.4 Å². The fourth-order valence-electron chi connectivity index (χ4n) is 3.54. The number of methoxy groups -OCH3 is 2. The summed E-state index contributed by atoms with van der Waals surface area (Å²) in [5, 5.41) is 0.945. The summed E-state index contributed by atoms with van der Waals surface area (Å²) < 4.78 is 10.6. The van der Waals surface area contributed by atoms with Crippen molar-refractivity contribution in [2.24, 2.45) is 11.5 Å². The Morgan fingerprint density at radius 2 is 1.06 bits per heavy atom. The third-order valence-electron chi connectivity index (χ3n) is 5.24.